The molecule has 0 radical (unpaired) electrons. The van der Waals surface area contributed by atoms with Gasteiger partial charge in [0.25, 0.3) is 0 Å². The summed E-state index contributed by atoms with van der Waals surface area (Å²) in [5.41, 5.74) is 0. The van der Waals surface area contributed by atoms with Gasteiger partial charge in [-0.05, 0) is 44.4 Å². The molecule has 2 unspecified atom stereocenters. The first kappa shape index (κ1) is 19.1. The van der Waals surface area contributed by atoms with Gasteiger partial charge in [0.2, 0.25) is 5.91 Å². The van der Waals surface area contributed by atoms with Crippen LogP contribution in [0.2, 0.25) is 0 Å². The molecule has 2 aliphatic rings. The average molecular weight is 337 g/mol. The summed E-state index contributed by atoms with van der Waals surface area (Å²) in [6.07, 6.45) is 9.53. The normalized spacial score (nSPS) is 25.2. The van der Waals surface area contributed by atoms with Crippen LogP contribution < -0.4 is 10.6 Å². The molecule has 1 saturated carbocycles. The van der Waals surface area contributed by atoms with Crippen LogP contribution in [0.3, 0.4) is 0 Å². The van der Waals surface area contributed by atoms with Gasteiger partial charge in [-0.25, -0.2) is 0 Å². The summed E-state index contributed by atoms with van der Waals surface area (Å²) in [5.74, 6) is 3.02. The monoisotopic (exact) mass is 336 g/mol. The fourth-order valence-corrected chi connectivity index (χ4v) is 3.95. The van der Waals surface area contributed by atoms with E-state index in [-0.39, 0.29) is 0 Å². The highest BCUT2D eigenvalue weighted by Crippen LogP contribution is 2.30. The Hall–Kier alpha value is -1.26. The molecule has 0 aromatic carbocycles. The zero-order chi connectivity index (χ0) is 17.2. The third-order valence-electron chi connectivity index (χ3n) is 5.26. The standard InChI is InChI=1S/C19H36N4O/c1-3-20-19(21-11-6-14-23-13-5-9-18(23)24)22-12-10-17-8-4-7-16(2)15-17/h16-17H,3-15H2,1-2H3,(H2,20,21,22). The topological polar surface area (TPSA) is 56.7 Å². The minimum absolute atomic E-state index is 0.311. The number of nitrogens with zero attached hydrogens (tertiary/aromatic N) is 2. The molecule has 1 heterocycles. The van der Waals surface area contributed by atoms with Crippen molar-refractivity contribution in [1.82, 2.24) is 15.5 Å². The van der Waals surface area contributed by atoms with Gasteiger partial charge in [0.15, 0.2) is 5.96 Å². The summed E-state index contributed by atoms with van der Waals surface area (Å²) in [4.78, 5) is 18.2. The predicted molar refractivity (Wildman–Crippen MR) is 100 cm³/mol. The molecule has 0 spiro atoms. The molecule has 0 aromatic heterocycles. The number of amides is 1. The van der Waals surface area contributed by atoms with E-state index < -0.39 is 0 Å². The smallest absolute Gasteiger partial charge is 0.222 e. The van der Waals surface area contributed by atoms with Crippen LogP contribution in [0, 0.1) is 11.8 Å². The van der Waals surface area contributed by atoms with Crippen LogP contribution in [-0.2, 0) is 4.79 Å². The molecule has 5 nitrogen and oxygen atoms in total. The molecule has 138 valence electrons. The second-order valence-corrected chi connectivity index (χ2v) is 7.45. The van der Waals surface area contributed by atoms with E-state index in [1.54, 1.807) is 0 Å². The molecule has 1 aliphatic heterocycles. The number of guanidine groups is 1. The Balaban J connectivity index is 1.63. The van der Waals surface area contributed by atoms with Crippen LogP contribution in [0.1, 0.15) is 65.2 Å². The van der Waals surface area contributed by atoms with Crippen molar-refractivity contribution in [3.8, 4) is 0 Å². The fourth-order valence-electron chi connectivity index (χ4n) is 3.95. The third kappa shape index (κ3) is 6.70. The number of nitrogens with one attached hydrogen (secondary N) is 2. The summed E-state index contributed by atoms with van der Waals surface area (Å²) in [6, 6.07) is 0. The van der Waals surface area contributed by atoms with Crippen molar-refractivity contribution in [3.63, 3.8) is 0 Å². The number of carbonyl (C=O) groups excluding carboxylic acids is 1. The largest absolute Gasteiger partial charge is 0.357 e. The third-order valence-corrected chi connectivity index (χ3v) is 5.26. The van der Waals surface area contributed by atoms with E-state index in [9.17, 15) is 4.79 Å². The second kappa shape index (κ2) is 10.6. The van der Waals surface area contributed by atoms with E-state index in [0.717, 1.165) is 69.8 Å². The van der Waals surface area contributed by atoms with Gasteiger partial charge in [-0.2, -0.15) is 0 Å². The Kier molecular flexibility index (Phi) is 8.40. The quantitative estimate of drug-likeness (QED) is 0.407. The van der Waals surface area contributed by atoms with Crippen molar-refractivity contribution in [3.05, 3.63) is 0 Å². The molecule has 24 heavy (non-hydrogen) atoms. The van der Waals surface area contributed by atoms with E-state index in [2.05, 4.69) is 29.5 Å². The van der Waals surface area contributed by atoms with E-state index in [1.807, 2.05) is 4.90 Å². The summed E-state index contributed by atoms with van der Waals surface area (Å²) in [7, 11) is 0. The Morgan fingerprint density at radius 2 is 2.17 bits per heavy atom. The van der Waals surface area contributed by atoms with Crippen LogP contribution in [0.25, 0.3) is 0 Å². The zero-order valence-corrected chi connectivity index (χ0v) is 15.6. The molecule has 1 saturated heterocycles. The van der Waals surface area contributed by atoms with Crippen molar-refractivity contribution in [2.24, 2.45) is 16.8 Å². The number of aliphatic imine (C=N–C) groups is 1. The molecule has 2 fully saturated rings. The van der Waals surface area contributed by atoms with Crippen LogP contribution in [-0.4, -0.2) is 49.5 Å². The Morgan fingerprint density at radius 1 is 1.29 bits per heavy atom. The van der Waals surface area contributed by atoms with E-state index in [4.69, 9.17) is 0 Å². The minimum atomic E-state index is 0.311. The van der Waals surface area contributed by atoms with Crippen LogP contribution in [0.4, 0.5) is 0 Å². The molecule has 1 amide bonds. The maximum Gasteiger partial charge on any atom is 0.222 e. The zero-order valence-electron chi connectivity index (χ0n) is 15.6. The number of hydrogen-bond donors (Lipinski definition) is 2. The molecule has 2 atom stereocenters. The predicted octanol–water partition coefficient (Wildman–Crippen LogP) is 2.77. The summed E-state index contributed by atoms with van der Waals surface area (Å²) in [5, 5.41) is 6.80. The van der Waals surface area contributed by atoms with Gasteiger partial charge < -0.3 is 15.5 Å². The highest BCUT2D eigenvalue weighted by Gasteiger charge is 2.19. The summed E-state index contributed by atoms with van der Waals surface area (Å²) >= 11 is 0. The maximum atomic E-state index is 11.6. The van der Waals surface area contributed by atoms with Crippen molar-refractivity contribution in [2.75, 3.05) is 32.7 Å². The lowest BCUT2D eigenvalue weighted by atomic mass is 9.81. The average Bonchev–Trinajstić information content (AvgIpc) is 2.97. The van der Waals surface area contributed by atoms with Gasteiger partial charge in [-0.1, -0.05) is 26.2 Å². The lowest BCUT2D eigenvalue weighted by Crippen LogP contribution is -2.38. The number of rotatable bonds is 8. The molecule has 2 N–H and O–H groups in total. The number of hydrogen-bond acceptors (Lipinski definition) is 2. The summed E-state index contributed by atoms with van der Waals surface area (Å²) in [6.45, 7) is 8.94. The lowest BCUT2D eigenvalue weighted by molar-refractivity contribution is -0.127. The summed E-state index contributed by atoms with van der Waals surface area (Å²) < 4.78 is 0. The number of likely N-dealkylation sites (tertiary alicyclic amines) is 1. The van der Waals surface area contributed by atoms with Crippen LogP contribution in [0.5, 0.6) is 0 Å². The van der Waals surface area contributed by atoms with Crippen LogP contribution in [0.15, 0.2) is 4.99 Å². The highest BCUT2D eigenvalue weighted by atomic mass is 16.2. The van der Waals surface area contributed by atoms with Crippen molar-refractivity contribution in [1.29, 1.82) is 0 Å². The fraction of sp³-hybridized carbons (Fsp3) is 0.895. The Morgan fingerprint density at radius 3 is 2.88 bits per heavy atom. The molecular weight excluding hydrogens is 300 g/mol. The van der Waals surface area contributed by atoms with Gasteiger partial charge in [-0.15, -0.1) is 0 Å². The first-order valence-electron chi connectivity index (χ1n) is 9.99. The van der Waals surface area contributed by atoms with Gasteiger partial charge >= 0.3 is 0 Å². The lowest BCUT2D eigenvalue weighted by Gasteiger charge is -2.26. The molecule has 2 rings (SSSR count). The second-order valence-electron chi connectivity index (χ2n) is 7.45. The first-order chi connectivity index (χ1) is 11.7. The van der Waals surface area contributed by atoms with E-state index in [0.29, 0.717) is 5.91 Å². The number of carbonyl (C=O) groups is 1. The van der Waals surface area contributed by atoms with E-state index >= 15 is 0 Å². The Bertz CT molecular complexity index is 410. The molecule has 0 aromatic rings. The van der Waals surface area contributed by atoms with E-state index in [1.165, 1.54) is 32.1 Å². The van der Waals surface area contributed by atoms with Crippen molar-refractivity contribution >= 4 is 11.9 Å². The van der Waals surface area contributed by atoms with Gasteiger partial charge in [0.05, 0.1) is 0 Å². The molecule has 1 aliphatic carbocycles. The van der Waals surface area contributed by atoms with Crippen molar-refractivity contribution in [2.45, 2.75) is 65.2 Å². The van der Waals surface area contributed by atoms with Gasteiger partial charge in [0.1, 0.15) is 0 Å². The highest BCUT2D eigenvalue weighted by molar-refractivity contribution is 5.79. The first-order valence-corrected chi connectivity index (χ1v) is 9.99. The molecule has 5 heteroatoms. The Labute approximate surface area is 147 Å². The maximum absolute atomic E-state index is 11.6. The minimum Gasteiger partial charge on any atom is -0.357 e. The van der Waals surface area contributed by atoms with Crippen molar-refractivity contribution < 1.29 is 4.79 Å². The van der Waals surface area contributed by atoms with Crippen LogP contribution >= 0.6 is 0 Å². The SMILES string of the molecule is CCNC(=NCCCN1CCCC1=O)NCCC1CCCC(C)C1. The molecular formula is C19H36N4O. The van der Waals surface area contributed by atoms with Gasteiger partial charge in [-0.3, -0.25) is 9.79 Å². The molecule has 0 bridgehead atoms. The van der Waals surface area contributed by atoms with Gasteiger partial charge in [0, 0.05) is 39.1 Å².